The third-order valence-electron chi connectivity index (χ3n) is 6.03. The fourth-order valence-electron chi connectivity index (χ4n) is 4.31. The second kappa shape index (κ2) is 7.40. The highest BCUT2D eigenvalue weighted by atomic mass is 32.1. The van der Waals surface area contributed by atoms with Crippen molar-refractivity contribution in [3.05, 3.63) is 52.5 Å². The molecule has 30 heavy (non-hydrogen) atoms. The summed E-state index contributed by atoms with van der Waals surface area (Å²) in [6.45, 7) is 7.96. The molecular formula is C23H25N5OS. The van der Waals surface area contributed by atoms with Crippen LogP contribution in [0.5, 0.6) is 0 Å². The van der Waals surface area contributed by atoms with E-state index in [9.17, 15) is 4.79 Å². The number of rotatable bonds is 2. The molecule has 0 radical (unpaired) electrons. The van der Waals surface area contributed by atoms with Crippen LogP contribution in [0.4, 0.5) is 21.4 Å². The molecule has 154 valence electrons. The molecule has 3 aromatic rings. The smallest absolute Gasteiger partial charge is 0.329 e. The monoisotopic (exact) mass is 419 g/mol. The number of carbonyl (C=O) groups is 1. The van der Waals surface area contributed by atoms with Crippen LogP contribution in [0.15, 0.2) is 36.4 Å². The summed E-state index contributed by atoms with van der Waals surface area (Å²) in [6, 6.07) is 12.5. The molecule has 0 unspecified atom stereocenters. The zero-order chi connectivity index (χ0) is 20.8. The number of benzene rings is 1. The van der Waals surface area contributed by atoms with E-state index >= 15 is 0 Å². The van der Waals surface area contributed by atoms with E-state index < -0.39 is 0 Å². The predicted octanol–water partition coefficient (Wildman–Crippen LogP) is 5.15. The number of thiazole rings is 1. The van der Waals surface area contributed by atoms with E-state index in [2.05, 4.69) is 52.5 Å². The molecule has 1 N–H and O–H groups in total. The lowest BCUT2D eigenvalue weighted by molar-refractivity contribution is 0.253. The van der Waals surface area contributed by atoms with Crippen LogP contribution in [0, 0.1) is 20.8 Å². The Morgan fingerprint density at radius 2 is 1.90 bits per heavy atom. The molecule has 1 saturated heterocycles. The van der Waals surface area contributed by atoms with Crippen LogP contribution < -0.4 is 15.1 Å². The Bertz CT molecular complexity index is 1100. The van der Waals surface area contributed by atoms with Crippen molar-refractivity contribution in [1.29, 1.82) is 0 Å². The van der Waals surface area contributed by atoms with E-state index in [1.807, 2.05) is 24.8 Å². The minimum atomic E-state index is -0.146. The third-order valence-corrected chi connectivity index (χ3v) is 7.02. The highest BCUT2D eigenvalue weighted by Crippen LogP contribution is 2.39. The van der Waals surface area contributed by atoms with Gasteiger partial charge in [-0.1, -0.05) is 23.8 Å². The van der Waals surface area contributed by atoms with Crippen molar-refractivity contribution >= 4 is 34.0 Å². The van der Waals surface area contributed by atoms with Gasteiger partial charge in [0, 0.05) is 29.6 Å². The molecule has 0 atom stereocenters. The van der Waals surface area contributed by atoms with E-state index in [0.29, 0.717) is 5.13 Å². The Labute approximate surface area is 180 Å². The lowest BCUT2D eigenvalue weighted by Crippen LogP contribution is -2.46. The number of anilines is 3. The van der Waals surface area contributed by atoms with Gasteiger partial charge in [-0.25, -0.2) is 14.8 Å². The summed E-state index contributed by atoms with van der Waals surface area (Å²) in [5.74, 6) is 0.747. The summed E-state index contributed by atoms with van der Waals surface area (Å²) in [7, 11) is 0. The van der Waals surface area contributed by atoms with Crippen molar-refractivity contribution < 1.29 is 4.79 Å². The van der Waals surface area contributed by atoms with E-state index in [0.717, 1.165) is 59.3 Å². The van der Waals surface area contributed by atoms with Crippen molar-refractivity contribution in [2.45, 2.75) is 39.7 Å². The summed E-state index contributed by atoms with van der Waals surface area (Å²) in [4.78, 5) is 28.2. The SMILES string of the molecule is Cc1cccc(-c2ccc3c(n2)N(C(=O)Nc2nc(C)c(C)s2)C2CCN3CC2)c1. The maximum Gasteiger partial charge on any atom is 0.329 e. The van der Waals surface area contributed by atoms with Gasteiger partial charge < -0.3 is 4.90 Å². The number of urea groups is 1. The van der Waals surface area contributed by atoms with Gasteiger partial charge in [-0.3, -0.25) is 10.2 Å². The molecule has 3 aliphatic heterocycles. The maximum absolute atomic E-state index is 13.4. The molecule has 7 heteroatoms. The molecule has 2 bridgehead atoms. The average molecular weight is 420 g/mol. The van der Waals surface area contributed by atoms with Gasteiger partial charge in [0.2, 0.25) is 0 Å². The number of carbonyl (C=O) groups excluding carboxylic acids is 1. The fourth-order valence-corrected chi connectivity index (χ4v) is 5.11. The summed E-state index contributed by atoms with van der Waals surface area (Å²) in [6.07, 6.45) is 1.89. The summed E-state index contributed by atoms with van der Waals surface area (Å²) in [5, 5.41) is 3.67. The number of aryl methyl sites for hydroxylation is 3. The Hall–Kier alpha value is -2.93. The van der Waals surface area contributed by atoms with Crippen LogP contribution in [0.3, 0.4) is 0 Å². The van der Waals surface area contributed by atoms with Gasteiger partial charge in [0.05, 0.1) is 17.1 Å². The maximum atomic E-state index is 13.4. The Morgan fingerprint density at radius 1 is 1.10 bits per heavy atom. The van der Waals surface area contributed by atoms with Gasteiger partial charge in [0.1, 0.15) is 0 Å². The van der Waals surface area contributed by atoms with Crippen molar-refractivity contribution in [3.8, 4) is 11.3 Å². The number of hydrogen-bond donors (Lipinski definition) is 1. The van der Waals surface area contributed by atoms with Crippen LogP contribution in [0.1, 0.15) is 29.0 Å². The first-order valence-electron chi connectivity index (χ1n) is 10.4. The number of nitrogens with one attached hydrogen (secondary N) is 1. The first-order chi connectivity index (χ1) is 14.5. The summed E-state index contributed by atoms with van der Waals surface area (Å²) < 4.78 is 0. The van der Waals surface area contributed by atoms with Crippen LogP contribution in [-0.2, 0) is 0 Å². The Morgan fingerprint density at radius 3 is 2.60 bits per heavy atom. The zero-order valence-corrected chi connectivity index (χ0v) is 18.3. The molecule has 2 aromatic heterocycles. The van der Waals surface area contributed by atoms with E-state index in [-0.39, 0.29) is 12.1 Å². The van der Waals surface area contributed by atoms with Gasteiger partial charge in [0.25, 0.3) is 0 Å². The van der Waals surface area contributed by atoms with Gasteiger partial charge in [-0.15, -0.1) is 11.3 Å². The summed E-state index contributed by atoms with van der Waals surface area (Å²) >= 11 is 1.51. The number of nitrogens with zero attached hydrogens (tertiary/aromatic N) is 4. The number of piperidine rings is 1. The molecule has 0 spiro atoms. The second-order valence-electron chi connectivity index (χ2n) is 8.09. The van der Waals surface area contributed by atoms with Gasteiger partial charge >= 0.3 is 6.03 Å². The highest BCUT2D eigenvalue weighted by Gasteiger charge is 2.37. The van der Waals surface area contributed by atoms with Crippen LogP contribution >= 0.6 is 11.3 Å². The van der Waals surface area contributed by atoms with Gasteiger partial charge in [0.15, 0.2) is 10.9 Å². The van der Waals surface area contributed by atoms with Crippen LogP contribution in [0.25, 0.3) is 11.3 Å². The number of aromatic nitrogens is 2. The van der Waals surface area contributed by atoms with E-state index in [4.69, 9.17) is 4.98 Å². The zero-order valence-electron chi connectivity index (χ0n) is 17.5. The van der Waals surface area contributed by atoms with Gasteiger partial charge in [-0.05, 0) is 51.8 Å². The first-order valence-corrected chi connectivity index (χ1v) is 11.2. The molecule has 6 nitrogen and oxygen atoms in total. The molecule has 2 amide bonds. The predicted molar refractivity (Wildman–Crippen MR) is 123 cm³/mol. The molecule has 0 aliphatic carbocycles. The standard InChI is InChI=1S/C23H25N5OS/c1-14-5-4-6-17(13-14)19-7-8-20-21(25-19)28(18-9-11-27(20)12-10-18)23(29)26-22-24-15(2)16(3)30-22/h4-8,13,18H,9-12H2,1-3H3,(H,24,26,29). The second-order valence-corrected chi connectivity index (χ2v) is 9.29. The number of fused-ring (bicyclic) bond motifs is 2. The van der Waals surface area contributed by atoms with Crippen molar-refractivity contribution in [1.82, 2.24) is 9.97 Å². The minimum absolute atomic E-state index is 0.143. The van der Waals surface area contributed by atoms with E-state index in [1.54, 1.807) is 0 Å². The van der Waals surface area contributed by atoms with Crippen molar-refractivity contribution in [3.63, 3.8) is 0 Å². The average Bonchev–Trinajstić information content (AvgIpc) is 2.90. The number of pyridine rings is 1. The van der Waals surface area contributed by atoms with Crippen molar-refractivity contribution in [2.24, 2.45) is 0 Å². The Balaban J connectivity index is 1.56. The van der Waals surface area contributed by atoms with Crippen LogP contribution in [-0.4, -0.2) is 35.1 Å². The normalized spacial score (nSPS) is 15.8. The van der Waals surface area contributed by atoms with Crippen molar-refractivity contribution in [2.75, 3.05) is 28.2 Å². The minimum Gasteiger partial charge on any atom is -0.368 e. The molecule has 3 aliphatic rings. The number of amides is 2. The lowest BCUT2D eigenvalue weighted by atomic mass is 10.1. The Kier molecular flexibility index (Phi) is 4.70. The molecule has 0 saturated carbocycles. The molecule has 5 heterocycles. The summed E-state index contributed by atoms with van der Waals surface area (Å²) in [5.41, 5.74) is 5.14. The lowest BCUT2D eigenvalue weighted by Gasteiger charge is -2.31. The van der Waals surface area contributed by atoms with E-state index in [1.165, 1.54) is 16.9 Å². The quantitative estimate of drug-likeness (QED) is 0.624. The molecular weight excluding hydrogens is 394 g/mol. The third kappa shape index (κ3) is 3.33. The largest absolute Gasteiger partial charge is 0.368 e. The number of hydrogen-bond acceptors (Lipinski definition) is 5. The molecule has 1 aromatic carbocycles. The topological polar surface area (TPSA) is 61.4 Å². The van der Waals surface area contributed by atoms with Crippen LogP contribution in [0.2, 0.25) is 0 Å². The molecule has 6 rings (SSSR count). The highest BCUT2D eigenvalue weighted by molar-refractivity contribution is 7.15. The fraction of sp³-hybridized carbons (Fsp3) is 0.348. The van der Waals surface area contributed by atoms with Gasteiger partial charge in [-0.2, -0.15) is 0 Å². The first kappa shape index (κ1) is 19.1. The molecule has 1 fully saturated rings.